The monoisotopic (exact) mass is 214 g/mol. The third-order valence-corrected chi connectivity index (χ3v) is 3.43. The summed E-state index contributed by atoms with van der Waals surface area (Å²) in [6, 6.07) is 19.1. The molecular formula is C14H15P. The highest BCUT2D eigenvalue weighted by atomic mass is 31.0. The Morgan fingerprint density at radius 2 is 1.47 bits per heavy atom. The second-order valence-electron chi connectivity index (χ2n) is 3.74. The van der Waals surface area contributed by atoms with Crippen LogP contribution in [0.5, 0.6) is 0 Å². The van der Waals surface area contributed by atoms with E-state index < -0.39 is 0 Å². The average molecular weight is 214 g/mol. The van der Waals surface area contributed by atoms with Gasteiger partial charge in [-0.2, -0.15) is 0 Å². The molecule has 76 valence electrons. The molecule has 2 unspecified atom stereocenters. The number of hydrogen-bond donors (Lipinski definition) is 0. The van der Waals surface area contributed by atoms with Gasteiger partial charge in [0.2, 0.25) is 0 Å². The number of hydrogen-bond acceptors (Lipinski definition) is 0. The summed E-state index contributed by atoms with van der Waals surface area (Å²) in [5, 5.41) is 0. The summed E-state index contributed by atoms with van der Waals surface area (Å²) in [6.45, 7) is 2.16. The van der Waals surface area contributed by atoms with Crippen molar-refractivity contribution in [3.05, 3.63) is 71.3 Å². The predicted octanol–water partition coefficient (Wildman–Crippen LogP) is 3.96. The zero-order valence-corrected chi connectivity index (χ0v) is 10.0. The van der Waals surface area contributed by atoms with Gasteiger partial charge >= 0.3 is 0 Å². The Hall–Kier alpha value is -1.13. The van der Waals surface area contributed by atoms with Gasteiger partial charge < -0.3 is 0 Å². The first kappa shape index (κ1) is 10.4. The maximum absolute atomic E-state index is 2.92. The minimum absolute atomic E-state index is 0.396. The highest BCUT2D eigenvalue weighted by Crippen LogP contribution is 2.32. The molecule has 1 heteroatoms. The molecule has 0 N–H and O–H groups in total. The highest BCUT2D eigenvalue weighted by molar-refractivity contribution is 7.17. The second kappa shape index (κ2) is 4.59. The van der Waals surface area contributed by atoms with Crippen molar-refractivity contribution >= 4 is 9.24 Å². The fraction of sp³-hybridized carbons (Fsp3) is 0.143. The molecular weight excluding hydrogens is 199 g/mol. The van der Waals surface area contributed by atoms with Gasteiger partial charge in [0, 0.05) is 5.66 Å². The molecule has 0 aliphatic carbocycles. The maximum atomic E-state index is 2.92. The summed E-state index contributed by atoms with van der Waals surface area (Å²) in [7, 11) is 2.92. The lowest BCUT2D eigenvalue weighted by Crippen LogP contribution is -1.94. The molecule has 0 radical (unpaired) electrons. The first-order chi connectivity index (χ1) is 7.29. The molecule has 0 aliphatic rings. The van der Waals surface area contributed by atoms with Crippen molar-refractivity contribution < 1.29 is 0 Å². The Labute approximate surface area is 93.5 Å². The van der Waals surface area contributed by atoms with Gasteiger partial charge in [0.05, 0.1) is 0 Å². The Morgan fingerprint density at radius 3 is 2.13 bits per heavy atom. The van der Waals surface area contributed by atoms with E-state index in [1.165, 1.54) is 16.7 Å². The summed E-state index contributed by atoms with van der Waals surface area (Å²) in [5.41, 5.74) is 4.47. The lowest BCUT2D eigenvalue weighted by atomic mass is 10.0. The lowest BCUT2D eigenvalue weighted by Gasteiger charge is -2.14. The van der Waals surface area contributed by atoms with E-state index in [9.17, 15) is 0 Å². The topological polar surface area (TPSA) is 0 Å². The summed E-state index contributed by atoms with van der Waals surface area (Å²) >= 11 is 0. The van der Waals surface area contributed by atoms with E-state index in [0.717, 1.165) is 0 Å². The van der Waals surface area contributed by atoms with Crippen molar-refractivity contribution in [2.24, 2.45) is 0 Å². The van der Waals surface area contributed by atoms with Crippen LogP contribution < -0.4 is 0 Å². The summed E-state index contributed by atoms with van der Waals surface area (Å²) < 4.78 is 0. The van der Waals surface area contributed by atoms with Crippen LogP contribution in [0.25, 0.3) is 0 Å². The third kappa shape index (κ3) is 2.27. The summed E-state index contributed by atoms with van der Waals surface area (Å²) in [6.07, 6.45) is 0. The van der Waals surface area contributed by atoms with Crippen LogP contribution in [0, 0.1) is 6.92 Å². The van der Waals surface area contributed by atoms with Crippen molar-refractivity contribution in [3.8, 4) is 0 Å². The molecule has 0 fully saturated rings. The second-order valence-corrected chi connectivity index (χ2v) is 4.41. The van der Waals surface area contributed by atoms with Crippen LogP contribution in [0.4, 0.5) is 0 Å². The standard InChI is InChI=1S/C14H15P/c1-11-7-5-6-10-13(11)14(15)12-8-3-2-4-9-12/h2-10,14H,15H2,1H3. The van der Waals surface area contributed by atoms with E-state index >= 15 is 0 Å². The molecule has 2 aromatic rings. The molecule has 0 aliphatic heterocycles. The van der Waals surface area contributed by atoms with Crippen molar-refractivity contribution in [3.63, 3.8) is 0 Å². The van der Waals surface area contributed by atoms with Gasteiger partial charge in [-0.05, 0) is 23.6 Å². The molecule has 2 aromatic carbocycles. The van der Waals surface area contributed by atoms with Crippen LogP contribution in [0.15, 0.2) is 54.6 Å². The zero-order valence-electron chi connectivity index (χ0n) is 8.85. The molecule has 0 aromatic heterocycles. The van der Waals surface area contributed by atoms with Gasteiger partial charge in [-0.25, -0.2) is 0 Å². The fourth-order valence-electron chi connectivity index (χ4n) is 1.78. The lowest BCUT2D eigenvalue weighted by molar-refractivity contribution is 1.13. The van der Waals surface area contributed by atoms with E-state index in [0.29, 0.717) is 5.66 Å². The predicted molar refractivity (Wildman–Crippen MR) is 69.2 cm³/mol. The van der Waals surface area contributed by atoms with Crippen LogP contribution in [0.3, 0.4) is 0 Å². The van der Waals surface area contributed by atoms with Gasteiger partial charge in [-0.15, -0.1) is 9.24 Å². The first-order valence-corrected chi connectivity index (χ1v) is 5.82. The summed E-state index contributed by atoms with van der Waals surface area (Å²) in [5.74, 6) is 0. The minimum atomic E-state index is 0.396. The van der Waals surface area contributed by atoms with Crippen molar-refractivity contribution in [1.82, 2.24) is 0 Å². The van der Waals surface area contributed by atoms with E-state index in [2.05, 4.69) is 70.8 Å². The molecule has 0 amide bonds. The third-order valence-electron chi connectivity index (χ3n) is 2.68. The Morgan fingerprint density at radius 1 is 0.867 bits per heavy atom. The van der Waals surface area contributed by atoms with Gasteiger partial charge in [-0.1, -0.05) is 54.6 Å². The SMILES string of the molecule is Cc1ccccc1C(P)c1ccccc1. The molecule has 15 heavy (non-hydrogen) atoms. The number of aryl methyl sites for hydroxylation is 1. The van der Waals surface area contributed by atoms with Crippen molar-refractivity contribution in [1.29, 1.82) is 0 Å². The fourth-order valence-corrected chi connectivity index (χ4v) is 2.37. The van der Waals surface area contributed by atoms with Crippen LogP contribution in [-0.2, 0) is 0 Å². The average Bonchev–Trinajstić information content (AvgIpc) is 2.30. The molecule has 2 atom stereocenters. The Balaban J connectivity index is 2.37. The largest absolute Gasteiger partial charge is 0.125 e. The van der Waals surface area contributed by atoms with Crippen LogP contribution >= 0.6 is 9.24 Å². The molecule has 0 saturated heterocycles. The normalized spacial score (nSPS) is 12.4. The Kier molecular flexibility index (Phi) is 3.18. The van der Waals surface area contributed by atoms with E-state index in [4.69, 9.17) is 0 Å². The molecule has 2 rings (SSSR count). The van der Waals surface area contributed by atoms with E-state index in [-0.39, 0.29) is 0 Å². The van der Waals surface area contributed by atoms with Crippen molar-refractivity contribution in [2.45, 2.75) is 12.6 Å². The Bertz CT molecular complexity index is 434. The summed E-state index contributed by atoms with van der Waals surface area (Å²) in [4.78, 5) is 0. The molecule has 0 saturated carbocycles. The smallest absolute Gasteiger partial charge is 0.0236 e. The van der Waals surface area contributed by atoms with Gasteiger partial charge in [-0.3, -0.25) is 0 Å². The first-order valence-electron chi connectivity index (χ1n) is 5.15. The minimum Gasteiger partial charge on any atom is -0.125 e. The molecule has 0 spiro atoms. The highest BCUT2D eigenvalue weighted by Gasteiger charge is 2.09. The van der Waals surface area contributed by atoms with Gasteiger partial charge in [0.25, 0.3) is 0 Å². The quantitative estimate of drug-likeness (QED) is 0.664. The van der Waals surface area contributed by atoms with Crippen LogP contribution in [0.2, 0.25) is 0 Å². The van der Waals surface area contributed by atoms with E-state index in [1.54, 1.807) is 0 Å². The zero-order chi connectivity index (χ0) is 10.7. The van der Waals surface area contributed by atoms with Crippen LogP contribution in [-0.4, -0.2) is 0 Å². The van der Waals surface area contributed by atoms with Crippen molar-refractivity contribution in [2.75, 3.05) is 0 Å². The number of rotatable bonds is 2. The molecule has 0 heterocycles. The molecule has 0 nitrogen and oxygen atoms in total. The van der Waals surface area contributed by atoms with E-state index in [1.807, 2.05) is 0 Å². The maximum Gasteiger partial charge on any atom is 0.0236 e. The van der Waals surface area contributed by atoms with Gasteiger partial charge in [0.1, 0.15) is 0 Å². The molecule has 0 bridgehead atoms. The van der Waals surface area contributed by atoms with Gasteiger partial charge in [0.15, 0.2) is 0 Å². The number of benzene rings is 2. The van der Waals surface area contributed by atoms with Crippen LogP contribution in [0.1, 0.15) is 22.3 Å².